The Labute approximate surface area is 117 Å². The van der Waals surface area contributed by atoms with Crippen LogP contribution < -0.4 is 5.73 Å². The molecule has 4 N–H and O–H groups in total. The number of nitrogens with two attached hydrogens (primary N) is 1. The number of imidazole rings is 1. The van der Waals surface area contributed by atoms with Gasteiger partial charge < -0.3 is 20.1 Å². The molecule has 0 aliphatic carbocycles. The molecule has 0 saturated heterocycles. The Morgan fingerprint density at radius 2 is 2.10 bits per heavy atom. The van der Waals surface area contributed by atoms with Crippen molar-refractivity contribution in [2.75, 3.05) is 5.73 Å². The van der Waals surface area contributed by atoms with Crippen molar-refractivity contribution in [1.82, 2.24) is 34.5 Å². The summed E-state index contributed by atoms with van der Waals surface area (Å²) in [5, 5.41) is 7.51. The van der Waals surface area contributed by atoms with Gasteiger partial charge in [0.1, 0.15) is 23.8 Å². The number of anilines is 1. The van der Waals surface area contributed by atoms with Gasteiger partial charge in [-0.3, -0.25) is 4.57 Å². The summed E-state index contributed by atoms with van der Waals surface area (Å²) in [4.78, 5) is 29.8. The summed E-state index contributed by atoms with van der Waals surface area (Å²) in [6.07, 6.45) is 3.81. The molecular weight excluding hydrogens is 299 g/mol. The summed E-state index contributed by atoms with van der Waals surface area (Å²) in [6, 6.07) is 0. The van der Waals surface area contributed by atoms with Crippen LogP contribution >= 0.6 is 7.60 Å². The molecule has 0 spiro atoms. The molecular formula is C9H11N8O3P. The van der Waals surface area contributed by atoms with Crippen LogP contribution in [0.4, 0.5) is 5.82 Å². The first-order valence-electron chi connectivity index (χ1n) is 5.77. The van der Waals surface area contributed by atoms with Gasteiger partial charge in [-0.1, -0.05) is 5.21 Å². The van der Waals surface area contributed by atoms with E-state index in [1.807, 2.05) is 0 Å². The van der Waals surface area contributed by atoms with Crippen molar-refractivity contribution in [3.63, 3.8) is 0 Å². The highest BCUT2D eigenvalue weighted by Crippen LogP contribution is 2.35. The number of rotatable bonds is 4. The first-order valence-corrected chi connectivity index (χ1v) is 7.57. The molecule has 0 aliphatic rings. The fourth-order valence-corrected chi connectivity index (χ4v) is 2.37. The van der Waals surface area contributed by atoms with Crippen LogP contribution in [0.2, 0.25) is 0 Å². The lowest BCUT2D eigenvalue weighted by atomic mass is 10.4. The molecule has 0 atom stereocenters. The zero-order valence-electron chi connectivity index (χ0n) is 10.6. The standard InChI is InChI=1S/C9H11N8O3P/c10-8-7-9(12-3-11-8)16(4-13-7)1-6-2-17(15-14-6)5-21(18,19)20/h2-4H,1,5H2,(H2,10,11,12)(H2,18,19,20). The lowest BCUT2D eigenvalue weighted by Gasteiger charge is -2.02. The Morgan fingerprint density at radius 1 is 1.29 bits per heavy atom. The molecule has 0 aliphatic heterocycles. The second-order valence-electron chi connectivity index (χ2n) is 4.36. The number of nitrogens with zero attached hydrogens (tertiary/aromatic N) is 7. The van der Waals surface area contributed by atoms with Crippen molar-refractivity contribution < 1.29 is 14.4 Å². The second kappa shape index (κ2) is 4.88. The maximum atomic E-state index is 10.9. The smallest absolute Gasteiger partial charge is 0.346 e. The summed E-state index contributed by atoms with van der Waals surface area (Å²) in [5.41, 5.74) is 7.24. The molecule has 110 valence electrons. The zero-order chi connectivity index (χ0) is 15.0. The van der Waals surface area contributed by atoms with Gasteiger partial charge in [0.25, 0.3) is 0 Å². The summed E-state index contributed by atoms with van der Waals surface area (Å²) >= 11 is 0. The van der Waals surface area contributed by atoms with Crippen molar-refractivity contribution in [1.29, 1.82) is 0 Å². The average molecular weight is 310 g/mol. The SMILES string of the molecule is Nc1ncnc2c1ncn2Cc1cn(CP(=O)(O)O)nn1. The van der Waals surface area contributed by atoms with E-state index in [1.165, 1.54) is 18.9 Å². The van der Waals surface area contributed by atoms with Crippen molar-refractivity contribution in [3.05, 3.63) is 24.5 Å². The Balaban J connectivity index is 1.86. The summed E-state index contributed by atoms with van der Waals surface area (Å²) in [6.45, 7) is 0.300. The Hall–Kier alpha value is -2.36. The van der Waals surface area contributed by atoms with Gasteiger partial charge in [0.15, 0.2) is 11.5 Å². The molecule has 0 fully saturated rings. The van der Waals surface area contributed by atoms with E-state index in [9.17, 15) is 4.57 Å². The molecule has 0 radical (unpaired) electrons. The van der Waals surface area contributed by atoms with Crippen LogP contribution in [-0.4, -0.2) is 44.3 Å². The first kappa shape index (κ1) is 13.6. The van der Waals surface area contributed by atoms with Crippen LogP contribution in [0.3, 0.4) is 0 Å². The third-order valence-electron chi connectivity index (χ3n) is 2.68. The van der Waals surface area contributed by atoms with Crippen LogP contribution in [0, 0.1) is 0 Å². The second-order valence-corrected chi connectivity index (χ2v) is 5.97. The van der Waals surface area contributed by atoms with Crippen molar-refractivity contribution in [2.45, 2.75) is 12.8 Å². The third-order valence-corrected chi connectivity index (χ3v) is 3.34. The maximum absolute atomic E-state index is 10.9. The van der Waals surface area contributed by atoms with Crippen molar-refractivity contribution in [2.24, 2.45) is 0 Å². The Bertz CT molecular complexity index is 837. The van der Waals surface area contributed by atoms with E-state index in [0.29, 0.717) is 23.4 Å². The Kier molecular flexibility index (Phi) is 3.16. The number of fused-ring (bicyclic) bond motifs is 1. The predicted molar refractivity (Wildman–Crippen MR) is 70.9 cm³/mol. The van der Waals surface area contributed by atoms with E-state index in [4.69, 9.17) is 15.5 Å². The minimum Gasteiger partial charge on any atom is -0.382 e. The molecule has 3 aromatic heterocycles. The van der Waals surface area contributed by atoms with Gasteiger partial charge in [0.05, 0.1) is 19.1 Å². The fraction of sp³-hybridized carbons (Fsp3) is 0.222. The molecule has 3 aromatic rings. The highest BCUT2D eigenvalue weighted by molar-refractivity contribution is 7.50. The van der Waals surface area contributed by atoms with Crippen molar-refractivity contribution in [3.8, 4) is 0 Å². The number of nitrogen functional groups attached to an aromatic ring is 1. The zero-order valence-corrected chi connectivity index (χ0v) is 11.5. The monoisotopic (exact) mass is 310 g/mol. The van der Waals surface area contributed by atoms with E-state index >= 15 is 0 Å². The number of aromatic nitrogens is 7. The van der Waals surface area contributed by atoms with Gasteiger partial charge in [-0.15, -0.1) is 5.10 Å². The maximum Gasteiger partial charge on any atom is 0.346 e. The molecule has 0 amide bonds. The minimum atomic E-state index is -4.19. The molecule has 0 saturated carbocycles. The Morgan fingerprint density at radius 3 is 2.86 bits per heavy atom. The lowest BCUT2D eigenvalue weighted by Crippen LogP contribution is -2.01. The molecule has 0 unspecified atom stereocenters. The van der Waals surface area contributed by atoms with Crippen LogP contribution in [0.1, 0.15) is 5.69 Å². The quantitative estimate of drug-likeness (QED) is 0.523. The summed E-state index contributed by atoms with van der Waals surface area (Å²) < 4.78 is 13.7. The van der Waals surface area contributed by atoms with Gasteiger partial charge in [0, 0.05) is 0 Å². The van der Waals surface area contributed by atoms with Gasteiger partial charge >= 0.3 is 7.60 Å². The van der Waals surface area contributed by atoms with Gasteiger partial charge in [0.2, 0.25) is 0 Å². The van der Waals surface area contributed by atoms with Crippen LogP contribution in [0.5, 0.6) is 0 Å². The summed E-state index contributed by atoms with van der Waals surface area (Å²) in [7, 11) is -4.19. The molecule has 21 heavy (non-hydrogen) atoms. The minimum absolute atomic E-state index is 0.281. The normalized spacial score (nSPS) is 12.1. The van der Waals surface area contributed by atoms with Crippen LogP contribution in [0.15, 0.2) is 18.9 Å². The summed E-state index contributed by atoms with van der Waals surface area (Å²) in [5.74, 6) is 0.281. The molecule has 11 nitrogen and oxygen atoms in total. The largest absolute Gasteiger partial charge is 0.382 e. The highest BCUT2D eigenvalue weighted by atomic mass is 31.2. The average Bonchev–Trinajstić information content (AvgIpc) is 2.97. The topological polar surface area (TPSA) is 158 Å². The van der Waals surface area contributed by atoms with E-state index < -0.39 is 13.9 Å². The lowest BCUT2D eigenvalue weighted by molar-refractivity contribution is 0.358. The highest BCUT2D eigenvalue weighted by Gasteiger charge is 2.16. The van der Waals surface area contributed by atoms with Crippen molar-refractivity contribution >= 4 is 24.6 Å². The molecule has 3 rings (SSSR count). The van der Waals surface area contributed by atoms with E-state index in [0.717, 1.165) is 4.68 Å². The van der Waals surface area contributed by atoms with Gasteiger partial charge in [-0.2, -0.15) is 0 Å². The van der Waals surface area contributed by atoms with Crippen LogP contribution in [0.25, 0.3) is 11.2 Å². The van der Waals surface area contributed by atoms with E-state index in [1.54, 1.807) is 4.57 Å². The number of hydrogen-bond acceptors (Lipinski definition) is 7. The molecule has 3 heterocycles. The third kappa shape index (κ3) is 2.89. The molecule has 12 heteroatoms. The first-order chi connectivity index (χ1) is 9.92. The van der Waals surface area contributed by atoms with Gasteiger partial charge in [-0.05, 0) is 0 Å². The number of hydrogen-bond donors (Lipinski definition) is 3. The molecule has 0 aromatic carbocycles. The predicted octanol–water partition coefficient (Wildman–Crippen LogP) is -0.817. The van der Waals surface area contributed by atoms with Crippen LogP contribution in [-0.2, 0) is 17.4 Å². The van der Waals surface area contributed by atoms with E-state index in [-0.39, 0.29) is 5.82 Å². The fourth-order valence-electron chi connectivity index (χ4n) is 1.86. The van der Waals surface area contributed by atoms with E-state index in [2.05, 4.69) is 25.3 Å². The van der Waals surface area contributed by atoms with Gasteiger partial charge in [-0.25, -0.2) is 19.6 Å². The molecule has 0 bridgehead atoms.